The Kier molecular flexibility index (Phi) is 6.80. The van der Waals surface area contributed by atoms with Crippen molar-refractivity contribution in [3.8, 4) is 28.2 Å². The standard InChI is InChI=1S/C24H22N2O3S2/c1-29-21-14-19(24(27)28)12-13-20(21)26-31-22-15-25-23(30-22)18-10-8-17(9-11-18)7-6-16-4-2-3-5-16/h8-16,26H,2-5H2,1H3,(H,27,28). The second-order valence-corrected chi connectivity index (χ2v) is 9.37. The number of carboxylic acid groups (broad SMARTS) is 1. The number of carbonyl (C=O) groups is 1. The van der Waals surface area contributed by atoms with Crippen molar-refractivity contribution in [3.63, 3.8) is 0 Å². The Morgan fingerprint density at radius 1 is 1.23 bits per heavy atom. The zero-order valence-electron chi connectivity index (χ0n) is 17.1. The van der Waals surface area contributed by atoms with Crippen LogP contribution in [-0.2, 0) is 0 Å². The second-order valence-electron chi connectivity index (χ2n) is 7.24. The van der Waals surface area contributed by atoms with E-state index < -0.39 is 5.97 Å². The van der Waals surface area contributed by atoms with Crippen LogP contribution in [0, 0.1) is 17.8 Å². The van der Waals surface area contributed by atoms with Crippen LogP contribution >= 0.6 is 23.3 Å². The number of hydrogen-bond acceptors (Lipinski definition) is 6. The predicted octanol–water partition coefficient (Wildman–Crippen LogP) is 6.18. The minimum Gasteiger partial charge on any atom is -0.495 e. The van der Waals surface area contributed by atoms with E-state index in [9.17, 15) is 4.79 Å². The van der Waals surface area contributed by atoms with Crippen LogP contribution < -0.4 is 9.46 Å². The lowest BCUT2D eigenvalue weighted by Gasteiger charge is -2.10. The highest BCUT2D eigenvalue weighted by molar-refractivity contribution is 8.02. The minimum atomic E-state index is -0.986. The molecule has 3 aromatic rings. The maximum Gasteiger partial charge on any atom is 0.335 e. The van der Waals surface area contributed by atoms with Crippen LogP contribution in [0.1, 0.15) is 41.6 Å². The van der Waals surface area contributed by atoms with Crippen molar-refractivity contribution in [2.45, 2.75) is 29.9 Å². The van der Waals surface area contributed by atoms with Crippen LogP contribution in [0.25, 0.3) is 10.6 Å². The number of methoxy groups -OCH3 is 1. The summed E-state index contributed by atoms with van der Waals surface area (Å²) in [5.41, 5.74) is 2.99. The van der Waals surface area contributed by atoms with Crippen LogP contribution in [0.5, 0.6) is 5.75 Å². The predicted molar refractivity (Wildman–Crippen MR) is 126 cm³/mol. The third-order valence-corrected chi connectivity index (χ3v) is 7.07. The number of rotatable bonds is 6. The van der Waals surface area contributed by atoms with Gasteiger partial charge in [-0.05, 0) is 55.1 Å². The van der Waals surface area contributed by atoms with Crippen molar-refractivity contribution >= 4 is 34.9 Å². The van der Waals surface area contributed by atoms with Gasteiger partial charge in [-0.25, -0.2) is 9.78 Å². The second kappa shape index (κ2) is 9.90. The quantitative estimate of drug-likeness (QED) is 0.345. The van der Waals surface area contributed by atoms with E-state index in [4.69, 9.17) is 9.84 Å². The van der Waals surface area contributed by atoms with Crippen molar-refractivity contribution in [3.05, 3.63) is 59.8 Å². The number of ether oxygens (including phenoxy) is 1. The van der Waals surface area contributed by atoms with Gasteiger partial charge >= 0.3 is 5.97 Å². The highest BCUT2D eigenvalue weighted by Gasteiger charge is 2.12. The smallest absolute Gasteiger partial charge is 0.335 e. The molecule has 1 fully saturated rings. The van der Waals surface area contributed by atoms with E-state index in [1.165, 1.54) is 50.8 Å². The Hall–Kier alpha value is -2.95. The molecule has 1 aliphatic carbocycles. The molecule has 5 nitrogen and oxygen atoms in total. The summed E-state index contributed by atoms with van der Waals surface area (Å²) in [6.45, 7) is 0. The van der Waals surface area contributed by atoms with Crippen molar-refractivity contribution in [1.82, 2.24) is 4.98 Å². The third-order valence-electron chi connectivity index (χ3n) is 5.10. The lowest BCUT2D eigenvalue weighted by molar-refractivity contribution is 0.0696. The number of hydrogen-bond donors (Lipinski definition) is 2. The number of carboxylic acids is 1. The zero-order chi connectivity index (χ0) is 21.6. The van der Waals surface area contributed by atoms with Gasteiger partial charge in [0, 0.05) is 17.0 Å². The van der Waals surface area contributed by atoms with Gasteiger partial charge < -0.3 is 14.6 Å². The van der Waals surface area contributed by atoms with Crippen LogP contribution in [0.4, 0.5) is 5.69 Å². The van der Waals surface area contributed by atoms with Gasteiger partial charge in [-0.1, -0.05) is 36.8 Å². The summed E-state index contributed by atoms with van der Waals surface area (Å²) in [5, 5.41) is 10.1. The largest absolute Gasteiger partial charge is 0.495 e. The molecule has 1 aromatic heterocycles. The van der Waals surface area contributed by atoms with Crippen LogP contribution in [-0.4, -0.2) is 23.2 Å². The van der Waals surface area contributed by atoms with Crippen LogP contribution in [0.15, 0.2) is 52.9 Å². The molecule has 0 bridgehead atoms. The zero-order valence-corrected chi connectivity index (χ0v) is 18.7. The van der Waals surface area contributed by atoms with Crippen molar-refractivity contribution in [1.29, 1.82) is 0 Å². The fourth-order valence-corrected chi connectivity index (χ4v) is 5.07. The molecule has 1 aliphatic rings. The molecule has 2 N–H and O–H groups in total. The topological polar surface area (TPSA) is 71.5 Å². The van der Waals surface area contributed by atoms with E-state index in [1.54, 1.807) is 23.5 Å². The van der Waals surface area contributed by atoms with Gasteiger partial charge in [-0.2, -0.15) is 0 Å². The maximum atomic E-state index is 11.1. The highest BCUT2D eigenvalue weighted by Crippen LogP contribution is 2.35. The number of aromatic carboxylic acids is 1. The van der Waals surface area contributed by atoms with E-state index in [2.05, 4.69) is 45.8 Å². The summed E-state index contributed by atoms with van der Waals surface area (Å²) in [7, 11) is 1.52. The molecule has 4 rings (SSSR count). The molecule has 31 heavy (non-hydrogen) atoms. The van der Waals surface area contributed by atoms with Crippen LogP contribution in [0.3, 0.4) is 0 Å². The molecule has 0 amide bonds. The first kappa shape index (κ1) is 21.3. The summed E-state index contributed by atoms with van der Waals surface area (Å²) in [5.74, 6) is 6.75. The lowest BCUT2D eigenvalue weighted by atomic mass is 10.1. The molecular weight excluding hydrogens is 428 g/mol. The Labute approximate surface area is 190 Å². The fraction of sp³-hybridized carbons (Fsp3) is 0.250. The number of aromatic nitrogens is 1. The Morgan fingerprint density at radius 3 is 2.71 bits per heavy atom. The number of anilines is 1. The molecule has 0 atom stereocenters. The number of benzene rings is 2. The summed E-state index contributed by atoms with van der Waals surface area (Å²) < 4.78 is 9.51. The number of nitrogens with zero attached hydrogens (tertiary/aromatic N) is 1. The molecule has 7 heteroatoms. The van der Waals surface area contributed by atoms with Crippen molar-refractivity contribution in [2.24, 2.45) is 5.92 Å². The summed E-state index contributed by atoms with van der Waals surface area (Å²) in [4.78, 5) is 15.6. The Balaban J connectivity index is 1.40. The normalized spacial score (nSPS) is 13.5. The average Bonchev–Trinajstić information content (AvgIpc) is 3.48. The summed E-state index contributed by atoms with van der Waals surface area (Å²) >= 11 is 3.00. The first-order valence-electron chi connectivity index (χ1n) is 10.0. The van der Waals surface area contributed by atoms with E-state index in [0.717, 1.165) is 20.3 Å². The first-order valence-corrected chi connectivity index (χ1v) is 11.7. The monoisotopic (exact) mass is 450 g/mol. The van der Waals surface area contributed by atoms with Crippen molar-refractivity contribution in [2.75, 3.05) is 11.8 Å². The molecule has 158 valence electrons. The molecule has 1 saturated carbocycles. The lowest BCUT2D eigenvalue weighted by Crippen LogP contribution is -1.99. The number of nitrogens with one attached hydrogen (secondary N) is 1. The van der Waals surface area contributed by atoms with Crippen LogP contribution in [0.2, 0.25) is 0 Å². The first-order chi connectivity index (χ1) is 15.1. The molecule has 0 spiro atoms. The minimum absolute atomic E-state index is 0.184. The van der Waals surface area contributed by atoms with E-state index in [-0.39, 0.29) is 5.56 Å². The number of thiazole rings is 1. The Morgan fingerprint density at radius 2 is 2.00 bits per heavy atom. The van der Waals surface area contributed by atoms with Crippen molar-refractivity contribution < 1.29 is 14.6 Å². The van der Waals surface area contributed by atoms with Gasteiger partial charge in [0.1, 0.15) is 15.0 Å². The van der Waals surface area contributed by atoms with Gasteiger partial charge in [-0.15, -0.1) is 11.3 Å². The third kappa shape index (κ3) is 5.40. The molecule has 1 heterocycles. The van der Waals surface area contributed by atoms with E-state index in [0.29, 0.717) is 17.4 Å². The molecular formula is C24H22N2O3S2. The van der Waals surface area contributed by atoms with Gasteiger partial charge in [-0.3, -0.25) is 0 Å². The fourth-order valence-electron chi connectivity index (χ4n) is 3.41. The molecule has 0 saturated heterocycles. The molecule has 0 radical (unpaired) electrons. The summed E-state index contributed by atoms with van der Waals surface area (Å²) in [6.07, 6.45) is 6.89. The SMILES string of the molecule is COc1cc(C(=O)O)ccc1NSc1cnc(-c2ccc(C#CC3CCCC3)cc2)s1. The van der Waals surface area contributed by atoms with Gasteiger partial charge in [0.05, 0.1) is 24.6 Å². The molecule has 0 aliphatic heterocycles. The molecule has 0 unspecified atom stereocenters. The average molecular weight is 451 g/mol. The Bertz CT molecular complexity index is 1120. The maximum absolute atomic E-state index is 11.1. The van der Waals surface area contributed by atoms with E-state index in [1.807, 2.05) is 6.20 Å². The van der Waals surface area contributed by atoms with Gasteiger partial charge in [0.2, 0.25) is 0 Å². The molecule has 2 aromatic carbocycles. The highest BCUT2D eigenvalue weighted by atomic mass is 32.2. The van der Waals surface area contributed by atoms with Gasteiger partial charge in [0.25, 0.3) is 0 Å². The van der Waals surface area contributed by atoms with E-state index >= 15 is 0 Å². The summed E-state index contributed by atoms with van der Waals surface area (Å²) in [6, 6.07) is 13.0. The van der Waals surface area contributed by atoms with Gasteiger partial charge in [0.15, 0.2) is 0 Å².